The van der Waals surface area contributed by atoms with Crippen molar-refractivity contribution in [1.82, 2.24) is 4.98 Å². The Morgan fingerprint density at radius 1 is 1.39 bits per heavy atom. The van der Waals surface area contributed by atoms with E-state index in [0.717, 1.165) is 19.3 Å². The summed E-state index contributed by atoms with van der Waals surface area (Å²) in [5.74, 6) is 0.688. The highest BCUT2D eigenvalue weighted by atomic mass is 16.6. The first-order valence-electron chi connectivity index (χ1n) is 6.22. The number of rotatable bonds is 3. The summed E-state index contributed by atoms with van der Waals surface area (Å²) in [4.78, 5) is 24.2. The van der Waals surface area contributed by atoms with E-state index in [9.17, 15) is 14.9 Å². The number of pyridine rings is 1. The Hall–Kier alpha value is -1.85. The van der Waals surface area contributed by atoms with Crippen molar-refractivity contribution < 1.29 is 4.92 Å². The van der Waals surface area contributed by atoms with E-state index in [-0.39, 0.29) is 23.1 Å². The topological polar surface area (TPSA) is 88.0 Å². The number of H-pyrrole nitrogens is 1. The lowest BCUT2D eigenvalue weighted by Crippen LogP contribution is -2.31. The molecule has 0 aromatic carbocycles. The summed E-state index contributed by atoms with van der Waals surface area (Å²) in [6, 6.07) is 2.61. The predicted molar refractivity (Wildman–Crippen MR) is 68.8 cm³/mol. The van der Waals surface area contributed by atoms with Crippen molar-refractivity contribution in [3.8, 4) is 0 Å². The molecule has 0 radical (unpaired) electrons. The summed E-state index contributed by atoms with van der Waals surface area (Å²) in [5.41, 5.74) is -0.404. The minimum Gasteiger partial charge on any atom is -0.363 e. The molecule has 1 aromatic heterocycles. The molecule has 0 saturated heterocycles. The van der Waals surface area contributed by atoms with Gasteiger partial charge < -0.3 is 10.3 Å². The van der Waals surface area contributed by atoms with Gasteiger partial charge in [0.1, 0.15) is 0 Å². The summed E-state index contributed by atoms with van der Waals surface area (Å²) >= 11 is 0. The zero-order valence-electron chi connectivity index (χ0n) is 10.3. The molecule has 1 aliphatic rings. The Morgan fingerprint density at radius 3 is 2.78 bits per heavy atom. The quantitative estimate of drug-likeness (QED) is 0.637. The molecule has 18 heavy (non-hydrogen) atoms. The minimum absolute atomic E-state index is 0.0765. The van der Waals surface area contributed by atoms with Crippen LogP contribution in [-0.2, 0) is 0 Å². The lowest BCUT2D eigenvalue weighted by atomic mass is 9.86. The van der Waals surface area contributed by atoms with Gasteiger partial charge in [-0.15, -0.1) is 0 Å². The number of nitro groups is 1. The molecular formula is C12H17N3O3. The molecule has 1 fully saturated rings. The third-order valence-corrected chi connectivity index (χ3v) is 3.53. The number of aromatic nitrogens is 1. The zero-order chi connectivity index (χ0) is 13.1. The Kier molecular flexibility index (Phi) is 3.64. The smallest absolute Gasteiger partial charge is 0.309 e. The van der Waals surface area contributed by atoms with Crippen molar-refractivity contribution in [2.24, 2.45) is 5.92 Å². The monoisotopic (exact) mass is 251 g/mol. The van der Waals surface area contributed by atoms with Crippen LogP contribution in [0.4, 0.5) is 11.5 Å². The molecule has 0 spiro atoms. The van der Waals surface area contributed by atoms with Gasteiger partial charge >= 0.3 is 5.69 Å². The van der Waals surface area contributed by atoms with Crippen molar-refractivity contribution in [1.29, 1.82) is 0 Å². The molecule has 2 rings (SSSR count). The molecule has 1 aliphatic carbocycles. The van der Waals surface area contributed by atoms with Crippen LogP contribution >= 0.6 is 0 Å². The summed E-state index contributed by atoms with van der Waals surface area (Å²) in [5, 5.41) is 14.0. The fourth-order valence-corrected chi connectivity index (χ4v) is 2.45. The maximum Gasteiger partial charge on any atom is 0.309 e. The molecule has 2 atom stereocenters. The third kappa shape index (κ3) is 2.69. The first-order valence-corrected chi connectivity index (χ1v) is 6.22. The van der Waals surface area contributed by atoms with E-state index in [4.69, 9.17) is 0 Å². The number of hydrogen-bond acceptors (Lipinski definition) is 4. The summed E-state index contributed by atoms with van der Waals surface area (Å²) in [7, 11) is 0. The highest BCUT2D eigenvalue weighted by molar-refractivity contribution is 5.55. The van der Waals surface area contributed by atoms with Gasteiger partial charge in [0.15, 0.2) is 5.82 Å². The molecule has 0 aliphatic heterocycles. The average Bonchev–Trinajstić information content (AvgIpc) is 2.32. The van der Waals surface area contributed by atoms with Crippen molar-refractivity contribution in [3.63, 3.8) is 0 Å². The number of aromatic amines is 1. The Morgan fingerprint density at radius 2 is 2.11 bits per heavy atom. The third-order valence-electron chi connectivity index (χ3n) is 3.53. The maximum absolute atomic E-state index is 11.3. The first-order chi connectivity index (χ1) is 8.58. The fraction of sp³-hybridized carbons (Fsp3) is 0.583. The average molecular weight is 251 g/mol. The lowest BCUT2D eigenvalue weighted by molar-refractivity contribution is -0.384. The molecule has 1 saturated carbocycles. The van der Waals surface area contributed by atoms with Gasteiger partial charge in [-0.25, -0.2) is 0 Å². The molecule has 0 unspecified atom stereocenters. The molecule has 0 bridgehead atoms. The second kappa shape index (κ2) is 5.20. The van der Waals surface area contributed by atoms with Gasteiger partial charge in [-0.05, 0) is 18.8 Å². The van der Waals surface area contributed by atoms with Gasteiger partial charge in [-0.2, -0.15) is 0 Å². The molecular weight excluding hydrogens is 234 g/mol. The fourth-order valence-electron chi connectivity index (χ4n) is 2.45. The number of nitrogens with one attached hydrogen (secondary N) is 2. The SMILES string of the molecule is C[C@@H]1CCCC[C@H]1Nc1[nH]c(=O)ccc1[N+](=O)[O-]. The van der Waals surface area contributed by atoms with Gasteiger partial charge in [0, 0.05) is 18.2 Å². The standard InChI is InChI=1S/C12H17N3O3/c1-8-4-2-3-5-9(8)13-12-10(15(17)18)6-7-11(16)14-12/h6-9H,2-5H2,1H3,(H2,13,14,16)/t8-,9-/m1/s1. The predicted octanol–water partition coefficient (Wildman–Crippen LogP) is 2.27. The van der Waals surface area contributed by atoms with Crippen LogP contribution < -0.4 is 10.9 Å². The second-order valence-electron chi connectivity index (χ2n) is 4.85. The number of nitrogens with zero attached hydrogens (tertiary/aromatic N) is 1. The maximum atomic E-state index is 11.3. The number of anilines is 1. The van der Waals surface area contributed by atoms with Crippen LogP contribution in [0.25, 0.3) is 0 Å². The van der Waals surface area contributed by atoms with E-state index in [0.29, 0.717) is 5.92 Å². The Bertz CT molecular complexity index is 498. The van der Waals surface area contributed by atoms with E-state index in [2.05, 4.69) is 17.2 Å². The van der Waals surface area contributed by atoms with E-state index in [1.807, 2.05) is 0 Å². The minimum atomic E-state index is -0.480. The molecule has 6 heteroatoms. The van der Waals surface area contributed by atoms with Crippen molar-refractivity contribution >= 4 is 11.5 Å². The lowest BCUT2D eigenvalue weighted by Gasteiger charge is -2.29. The summed E-state index contributed by atoms with van der Waals surface area (Å²) in [6.45, 7) is 2.13. The van der Waals surface area contributed by atoms with E-state index < -0.39 is 4.92 Å². The van der Waals surface area contributed by atoms with Gasteiger partial charge in [0.2, 0.25) is 5.56 Å². The highest BCUT2D eigenvalue weighted by Gasteiger charge is 2.24. The van der Waals surface area contributed by atoms with Crippen LogP contribution in [0, 0.1) is 16.0 Å². The molecule has 1 aromatic rings. The highest BCUT2D eigenvalue weighted by Crippen LogP contribution is 2.28. The molecule has 6 nitrogen and oxygen atoms in total. The van der Waals surface area contributed by atoms with E-state index in [1.54, 1.807) is 0 Å². The number of hydrogen-bond donors (Lipinski definition) is 2. The van der Waals surface area contributed by atoms with Gasteiger partial charge in [0.05, 0.1) is 4.92 Å². The molecule has 98 valence electrons. The van der Waals surface area contributed by atoms with Crippen molar-refractivity contribution in [2.75, 3.05) is 5.32 Å². The molecule has 2 N–H and O–H groups in total. The van der Waals surface area contributed by atoms with Crippen molar-refractivity contribution in [2.45, 2.75) is 38.6 Å². The van der Waals surface area contributed by atoms with Crippen LogP contribution in [0.2, 0.25) is 0 Å². The van der Waals surface area contributed by atoms with Crippen LogP contribution in [-0.4, -0.2) is 15.9 Å². The van der Waals surface area contributed by atoms with Crippen LogP contribution in [0.15, 0.2) is 16.9 Å². The largest absolute Gasteiger partial charge is 0.363 e. The summed E-state index contributed by atoms with van der Waals surface area (Å²) in [6.07, 6.45) is 4.41. The Balaban J connectivity index is 2.24. The van der Waals surface area contributed by atoms with E-state index in [1.165, 1.54) is 18.6 Å². The van der Waals surface area contributed by atoms with Gasteiger partial charge in [0.25, 0.3) is 0 Å². The second-order valence-corrected chi connectivity index (χ2v) is 4.85. The van der Waals surface area contributed by atoms with Gasteiger partial charge in [-0.3, -0.25) is 14.9 Å². The van der Waals surface area contributed by atoms with Crippen molar-refractivity contribution in [3.05, 3.63) is 32.6 Å². The van der Waals surface area contributed by atoms with Gasteiger partial charge in [-0.1, -0.05) is 19.8 Å². The van der Waals surface area contributed by atoms with Crippen LogP contribution in [0.5, 0.6) is 0 Å². The van der Waals surface area contributed by atoms with Crippen LogP contribution in [0.3, 0.4) is 0 Å². The van der Waals surface area contributed by atoms with Crippen LogP contribution in [0.1, 0.15) is 32.6 Å². The summed E-state index contributed by atoms with van der Waals surface area (Å²) < 4.78 is 0. The first kappa shape index (κ1) is 12.6. The molecule has 0 amide bonds. The Labute approximate surface area is 105 Å². The molecule has 1 heterocycles. The normalized spacial score (nSPS) is 23.6. The zero-order valence-corrected chi connectivity index (χ0v) is 10.3. The van der Waals surface area contributed by atoms with E-state index >= 15 is 0 Å².